The van der Waals surface area contributed by atoms with Crippen molar-refractivity contribution in [2.24, 2.45) is 0 Å². The molecule has 1 aliphatic carbocycles. The zero-order valence-electron chi connectivity index (χ0n) is 18.8. The van der Waals surface area contributed by atoms with E-state index in [-0.39, 0.29) is 22.5 Å². The van der Waals surface area contributed by atoms with E-state index in [2.05, 4.69) is 10.6 Å². The number of benzene rings is 2. The van der Waals surface area contributed by atoms with Crippen molar-refractivity contribution in [3.05, 3.63) is 59.7 Å². The highest BCUT2D eigenvalue weighted by Crippen LogP contribution is 2.36. The molecule has 4 rings (SSSR count). The zero-order valence-corrected chi connectivity index (χ0v) is 19.6. The fourth-order valence-electron chi connectivity index (χ4n) is 4.47. The van der Waals surface area contributed by atoms with Crippen LogP contribution < -0.4 is 14.9 Å². The Morgan fingerprint density at radius 1 is 1.06 bits per heavy atom. The van der Waals surface area contributed by atoms with E-state index in [4.69, 9.17) is 4.74 Å². The molecule has 0 aromatic heterocycles. The van der Waals surface area contributed by atoms with Gasteiger partial charge in [0.05, 0.1) is 16.1 Å². The van der Waals surface area contributed by atoms with Gasteiger partial charge >= 0.3 is 12.0 Å². The third-order valence-electron chi connectivity index (χ3n) is 6.05. The Labute approximate surface area is 198 Å². The molecule has 0 unspecified atom stereocenters. The van der Waals surface area contributed by atoms with E-state index >= 15 is 0 Å². The number of hydrogen-bond acceptors (Lipinski definition) is 6. The molecule has 1 aliphatic heterocycles. The van der Waals surface area contributed by atoms with E-state index in [0.717, 1.165) is 31.2 Å². The van der Waals surface area contributed by atoms with Crippen molar-refractivity contribution >= 4 is 33.6 Å². The number of sulfonamides is 1. The van der Waals surface area contributed by atoms with E-state index in [1.165, 1.54) is 28.6 Å². The first-order chi connectivity index (χ1) is 16.3. The maximum absolute atomic E-state index is 13.4. The molecule has 180 valence electrons. The number of para-hydroxylation sites is 1. The largest absolute Gasteiger partial charge is 0.452 e. The zero-order chi connectivity index (χ0) is 24.3. The second-order valence-electron chi connectivity index (χ2n) is 8.59. The Hall–Kier alpha value is -3.40. The standard InChI is InChI=1S/C24H27N3O6S/c1-16-13-17-7-2-5-12-21(17)27(16)34(31,32)20-11-6-8-18(14-20)23(29)33-15-22(28)26-24(30)25-19-9-3-4-10-19/h2,5-8,11-12,14,16,19H,3-4,9-10,13,15H2,1H3,(H2,25,26,28,30)/t16-/m1/s1. The summed E-state index contributed by atoms with van der Waals surface area (Å²) in [4.78, 5) is 36.2. The summed E-state index contributed by atoms with van der Waals surface area (Å²) in [7, 11) is -3.92. The first-order valence-corrected chi connectivity index (χ1v) is 12.7. The van der Waals surface area contributed by atoms with Gasteiger partial charge in [0.2, 0.25) is 0 Å². The number of imide groups is 1. The van der Waals surface area contributed by atoms with Gasteiger partial charge < -0.3 is 10.1 Å². The summed E-state index contributed by atoms with van der Waals surface area (Å²) in [5, 5.41) is 4.84. The smallest absolute Gasteiger partial charge is 0.338 e. The van der Waals surface area contributed by atoms with Gasteiger partial charge in [-0.15, -0.1) is 0 Å². The number of amides is 3. The number of nitrogens with zero attached hydrogens (tertiary/aromatic N) is 1. The van der Waals surface area contributed by atoms with Crippen molar-refractivity contribution in [1.82, 2.24) is 10.6 Å². The summed E-state index contributed by atoms with van der Waals surface area (Å²) in [5.41, 5.74) is 1.55. The van der Waals surface area contributed by atoms with Crippen LogP contribution in [-0.4, -0.2) is 45.0 Å². The first-order valence-electron chi connectivity index (χ1n) is 11.3. The van der Waals surface area contributed by atoms with Crippen molar-refractivity contribution in [2.45, 2.75) is 56.0 Å². The molecular formula is C24H27N3O6S. The fourth-order valence-corrected chi connectivity index (χ4v) is 6.21. The van der Waals surface area contributed by atoms with Crippen molar-refractivity contribution in [3.63, 3.8) is 0 Å². The Kier molecular flexibility index (Phi) is 6.87. The number of carbonyl (C=O) groups is 3. The maximum atomic E-state index is 13.4. The lowest BCUT2D eigenvalue weighted by Crippen LogP contribution is -2.45. The summed E-state index contributed by atoms with van der Waals surface area (Å²) < 4.78 is 33.1. The van der Waals surface area contributed by atoms with Crippen LogP contribution in [-0.2, 0) is 26.0 Å². The molecule has 3 amide bonds. The van der Waals surface area contributed by atoms with E-state index in [0.29, 0.717) is 12.1 Å². The van der Waals surface area contributed by atoms with Crippen LogP contribution >= 0.6 is 0 Å². The molecule has 0 saturated heterocycles. The van der Waals surface area contributed by atoms with Gasteiger partial charge in [0.1, 0.15) is 0 Å². The second kappa shape index (κ2) is 9.84. The molecule has 34 heavy (non-hydrogen) atoms. The summed E-state index contributed by atoms with van der Waals surface area (Å²) in [6.07, 6.45) is 4.42. The summed E-state index contributed by atoms with van der Waals surface area (Å²) in [5.74, 6) is -1.63. The number of rotatable bonds is 6. The minimum absolute atomic E-state index is 0.00980. The Bertz CT molecular complexity index is 1210. The predicted octanol–water partition coefficient (Wildman–Crippen LogP) is 2.75. The van der Waals surface area contributed by atoms with Gasteiger partial charge in [0.25, 0.3) is 15.9 Å². The van der Waals surface area contributed by atoms with Gasteiger partial charge in [-0.25, -0.2) is 18.0 Å². The van der Waals surface area contributed by atoms with Crippen LogP contribution in [0.4, 0.5) is 10.5 Å². The average molecular weight is 486 g/mol. The minimum atomic E-state index is -3.92. The van der Waals surface area contributed by atoms with Gasteiger partial charge in [0, 0.05) is 12.1 Å². The molecule has 10 heteroatoms. The van der Waals surface area contributed by atoms with Gasteiger partial charge in [-0.05, 0) is 56.0 Å². The third kappa shape index (κ3) is 5.06. The predicted molar refractivity (Wildman–Crippen MR) is 125 cm³/mol. The minimum Gasteiger partial charge on any atom is -0.452 e. The van der Waals surface area contributed by atoms with E-state index in [1.807, 2.05) is 19.1 Å². The number of carbonyl (C=O) groups excluding carboxylic acids is 3. The van der Waals surface area contributed by atoms with Crippen LogP contribution in [0.15, 0.2) is 53.4 Å². The average Bonchev–Trinajstić information content (AvgIpc) is 3.44. The quantitative estimate of drug-likeness (QED) is 0.607. The van der Waals surface area contributed by atoms with Crippen molar-refractivity contribution in [1.29, 1.82) is 0 Å². The van der Waals surface area contributed by atoms with Gasteiger partial charge in [0.15, 0.2) is 6.61 Å². The molecular weight excluding hydrogens is 458 g/mol. The van der Waals surface area contributed by atoms with E-state index < -0.39 is 34.5 Å². The number of ether oxygens (including phenoxy) is 1. The molecule has 1 heterocycles. The highest BCUT2D eigenvalue weighted by atomic mass is 32.2. The molecule has 0 radical (unpaired) electrons. The highest BCUT2D eigenvalue weighted by molar-refractivity contribution is 7.92. The van der Waals surface area contributed by atoms with Crippen LogP contribution in [0.1, 0.15) is 48.5 Å². The fraction of sp³-hybridized carbons (Fsp3) is 0.375. The van der Waals surface area contributed by atoms with Crippen LogP contribution in [0, 0.1) is 0 Å². The second-order valence-corrected chi connectivity index (χ2v) is 10.4. The SMILES string of the molecule is C[C@@H]1Cc2ccccc2N1S(=O)(=O)c1cccc(C(=O)OCC(=O)NC(=O)NC2CCCC2)c1. The Balaban J connectivity index is 1.39. The number of urea groups is 1. The first kappa shape index (κ1) is 23.7. The van der Waals surface area contributed by atoms with Crippen LogP contribution in [0.2, 0.25) is 0 Å². The number of fused-ring (bicyclic) bond motifs is 1. The van der Waals surface area contributed by atoms with Crippen LogP contribution in [0.5, 0.6) is 0 Å². The number of nitrogens with one attached hydrogen (secondary N) is 2. The highest BCUT2D eigenvalue weighted by Gasteiger charge is 2.36. The molecule has 2 N–H and O–H groups in total. The number of hydrogen-bond donors (Lipinski definition) is 2. The Morgan fingerprint density at radius 3 is 2.56 bits per heavy atom. The third-order valence-corrected chi connectivity index (χ3v) is 7.97. The van der Waals surface area contributed by atoms with Crippen molar-refractivity contribution in [3.8, 4) is 0 Å². The molecule has 0 spiro atoms. The van der Waals surface area contributed by atoms with Gasteiger partial charge in [-0.1, -0.05) is 37.1 Å². The van der Waals surface area contributed by atoms with Gasteiger partial charge in [-0.2, -0.15) is 0 Å². The molecule has 2 aromatic carbocycles. The summed E-state index contributed by atoms with van der Waals surface area (Å²) in [6, 6.07) is 12.0. The molecule has 2 aromatic rings. The lowest BCUT2D eigenvalue weighted by molar-refractivity contribution is -0.123. The van der Waals surface area contributed by atoms with Crippen molar-refractivity contribution < 1.29 is 27.5 Å². The number of esters is 1. The summed E-state index contributed by atoms with van der Waals surface area (Å²) in [6.45, 7) is 1.17. The normalized spacial score (nSPS) is 17.8. The lowest BCUT2D eigenvalue weighted by Gasteiger charge is -2.24. The van der Waals surface area contributed by atoms with Gasteiger partial charge in [-0.3, -0.25) is 14.4 Å². The topological polar surface area (TPSA) is 122 Å². The van der Waals surface area contributed by atoms with Crippen LogP contribution in [0.3, 0.4) is 0 Å². The van der Waals surface area contributed by atoms with E-state index in [1.54, 1.807) is 12.1 Å². The molecule has 1 saturated carbocycles. The molecule has 1 atom stereocenters. The monoisotopic (exact) mass is 485 g/mol. The van der Waals surface area contributed by atoms with Crippen molar-refractivity contribution in [2.75, 3.05) is 10.9 Å². The summed E-state index contributed by atoms with van der Waals surface area (Å²) >= 11 is 0. The molecule has 9 nitrogen and oxygen atoms in total. The molecule has 1 fully saturated rings. The maximum Gasteiger partial charge on any atom is 0.338 e. The molecule has 2 aliphatic rings. The lowest BCUT2D eigenvalue weighted by atomic mass is 10.1. The van der Waals surface area contributed by atoms with E-state index in [9.17, 15) is 22.8 Å². The molecule has 0 bridgehead atoms. The van der Waals surface area contributed by atoms with Crippen LogP contribution in [0.25, 0.3) is 0 Å². The number of anilines is 1. The Morgan fingerprint density at radius 2 is 1.79 bits per heavy atom.